The Morgan fingerprint density at radius 1 is 1.31 bits per heavy atom. The van der Waals surface area contributed by atoms with Crippen molar-refractivity contribution in [2.75, 3.05) is 19.8 Å². The predicted octanol–water partition coefficient (Wildman–Crippen LogP) is 3.85. The quantitative estimate of drug-likeness (QED) is 0.350. The van der Waals surface area contributed by atoms with Crippen molar-refractivity contribution < 1.29 is 19.0 Å². The fourth-order valence-corrected chi connectivity index (χ4v) is 2.47. The van der Waals surface area contributed by atoms with Gasteiger partial charge in [-0.1, -0.05) is 44.4 Å². The van der Waals surface area contributed by atoms with Crippen LogP contribution in [0.15, 0.2) is 48.4 Å². The van der Waals surface area contributed by atoms with Gasteiger partial charge in [0.25, 0.3) is 0 Å². The van der Waals surface area contributed by atoms with E-state index in [1.54, 1.807) is 12.1 Å². The molecule has 0 aliphatic carbocycles. The Morgan fingerprint density at radius 2 is 2.19 bits per heavy atom. The van der Waals surface area contributed by atoms with E-state index in [1.807, 2.05) is 36.4 Å². The summed E-state index contributed by atoms with van der Waals surface area (Å²) in [6.07, 6.45) is 11.3. The monoisotopic (exact) mass is 357 g/mol. The van der Waals surface area contributed by atoms with Crippen LogP contribution in [0.3, 0.4) is 0 Å². The third-order valence-corrected chi connectivity index (χ3v) is 3.85. The first-order valence-corrected chi connectivity index (χ1v) is 9.12. The summed E-state index contributed by atoms with van der Waals surface area (Å²) < 4.78 is 17.1. The number of carbonyl (C=O) groups excluding carboxylic acids is 1. The number of ether oxygens (including phenoxy) is 3. The molecule has 0 saturated heterocycles. The Labute approximate surface area is 155 Å². The lowest BCUT2D eigenvalue weighted by Crippen LogP contribution is -2.30. The molecular formula is C21H27NO4. The van der Waals surface area contributed by atoms with Crippen molar-refractivity contribution in [1.29, 1.82) is 0 Å². The second kappa shape index (κ2) is 12.0. The van der Waals surface area contributed by atoms with E-state index < -0.39 is 0 Å². The van der Waals surface area contributed by atoms with Crippen molar-refractivity contribution in [3.8, 4) is 5.75 Å². The summed E-state index contributed by atoms with van der Waals surface area (Å²) in [5.74, 6) is 3.22. The highest BCUT2D eigenvalue weighted by Gasteiger charge is 2.12. The largest absolute Gasteiger partial charge is 0.494 e. The molecule has 1 unspecified atom stereocenters. The zero-order chi connectivity index (χ0) is 18.5. The number of nitrogens with one attached hydrogen (secondary N) is 1. The van der Waals surface area contributed by atoms with Gasteiger partial charge >= 0.3 is 0 Å². The van der Waals surface area contributed by atoms with Crippen LogP contribution >= 0.6 is 0 Å². The molecule has 1 aromatic rings. The maximum Gasteiger partial charge on any atom is 0.189 e. The number of unbranched alkanes of at least 4 members (excludes halogenated alkanes) is 3. The van der Waals surface area contributed by atoms with Crippen LogP contribution in [0.2, 0.25) is 0 Å². The van der Waals surface area contributed by atoms with Gasteiger partial charge in [0, 0.05) is 17.8 Å². The Morgan fingerprint density at radius 3 is 3.04 bits per heavy atom. The molecule has 1 aliphatic rings. The summed E-state index contributed by atoms with van der Waals surface area (Å²) in [7, 11) is 0. The summed E-state index contributed by atoms with van der Waals surface area (Å²) in [5, 5.41) is 3.19. The molecule has 1 aromatic carbocycles. The molecule has 2 rings (SSSR count). The van der Waals surface area contributed by atoms with Gasteiger partial charge in [-0.05, 0) is 24.6 Å². The molecule has 0 bridgehead atoms. The highest BCUT2D eigenvalue weighted by Crippen LogP contribution is 2.24. The van der Waals surface area contributed by atoms with Gasteiger partial charge in [0.1, 0.15) is 24.1 Å². The molecular weight excluding hydrogens is 330 g/mol. The molecule has 26 heavy (non-hydrogen) atoms. The predicted molar refractivity (Wildman–Crippen MR) is 102 cm³/mol. The second-order valence-electron chi connectivity index (χ2n) is 5.96. The second-order valence-corrected chi connectivity index (χ2v) is 5.96. The van der Waals surface area contributed by atoms with Gasteiger partial charge in [-0.25, -0.2) is 4.79 Å². The topological polar surface area (TPSA) is 56.8 Å². The molecule has 0 aromatic heterocycles. The van der Waals surface area contributed by atoms with Crippen molar-refractivity contribution >= 4 is 12.0 Å². The molecule has 0 radical (unpaired) electrons. The van der Waals surface area contributed by atoms with E-state index in [2.05, 4.69) is 12.2 Å². The van der Waals surface area contributed by atoms with Gasteiger partial charge in [-0.3, -0.25) is 0 Å². The van der Waals surface area contributed by atoms with Crippen LogP contribution in [-0.2, 0) is 14.3 Å². The minimum absolute atomic E-state index is 0.216. The number of fused-ring (bicyclic) bond motifs is 1. The average Bonchev–Trinajstić information content (AvgIpc) is 2.68. The fourth-order valence-electron chi connectivity index (χ4n) is 2.47. The lowest BCUT2D eigenvalue weighted by molar-refractivity contribution is 0.109. The van der Waals surface area contributed by atoms with E-state index in [-0.39, 0.29) is 19.4 Å². The summed E-state index contributed by atoms with van der Waals surface area (Å²) in [6.45, 7) is 3.32. The molecule has 5 nitrogen and oxygen atoms in total. The van der Waals surface area contributed by atoms with Crippen LogP contribution in [0.5, 0.6) is 5.75 Å². The average molecular weight is 357 g/mol. The molecule has 1 aliphatic heterocycles. The van der Waals surface area contributed by atoms with Crippen molar-refractivity contribution in [1.82, 2.24) is 5.32 Å². The highest BCUT2D eigenvalue weighted by atomic mass is 16.5. The van der Waals surface area contributed by atoms with Gasteiger partial charge in [-0.15, -0.1) is 0 Å². The zero-order valence-electron chi connectivity index (χ0n) is 15.3. The Hall–Kier alpha value is -2.49. The minimum Gasteiger partial charge on any atom is -0.494 e. The van der Waals surface area contributed by atoms with Crippen LogP contribution in [0.25, 0.3) is 6.08 Å². The molecule has 0 amide bonds. The highest BCUT2D eigenvalue weighted by molar-refractivity contribution is 5.59. The third-order valence-electron chi connectivity index (χ3n) is 3.85. The van der Waals surface area contributed by atoms with Crippen molar-refractivity contribution in [3.05, 3.63) is 53.9 Å². The first-order chi connectivity index (χ1) is 12.8. The molecule has 140 valence electrons. The Bertz CT molecular complexity index is 647. The number of rotatable bonds is 12. The summed E-state index contributed by atoms with van der Waals surface area (Å²) in [5.41, 5.74) is 1.06. The van der Waals surface area contributed by atoms with Crippen LogP contribution in [0.4, 0.5) is 0 Å². The fraction of sp³-hybridized carbons (Fsp3) is 0.429. The molecule has 1 heterocycles. The lowest BCUT2D eigenvalue weighted by atomic mass is 10.1. The van der Waals surface area contributed by atoms with Crippen molar-refractivity contribution in [2.45, 2.75) is 38.8 Å². The van der Waals surface area contributed by atoms with Gasteiger partial charge in [0.2, 0.25) is 0 Å². The van der Waals surface area contributed by atoms with Crippen LogP contribution < -0.4 is 10.1 Å². The minimum atomic E-state index is -0.265. The summed E-state index contributed by atoms with van der Waals surface area (Å²) in [6, 6.07) is 7.88. The van der Waals surface area contributed by atoms with E-state index in [4.69, 9.17) is 14.2 Å². The van der Waals surface area contributed by atoms with E-state index in [1.165, 1.54) is 18.9 Å². The first kappa shape index (κ1) is 19.8. The standard InChI is InChI=1S/C21H27NO4/c1-2-3-4-7-15-25-19(17-24-14-8-13-23)16-22-21-12-11-18-9-5-6-10-20(18)26-21/h5-6,8-12,16,21-22H,2-4,7,14-15,17H2,1H3. The number of para-hydroxylation sites is 1. The van der Waals surface area contributed by atoms with Crippen LogP contribution in [0.1, 0.15) is 38.2 Å². The smallest absolute Gasteiger partial charge is 0.189 e. The molecule has 1 atom stereocenters. The normalized spacial score (nSPS) is 15.6. The maximum absolute atomic E-state index is 10.2. The molecule has 0 saturated carbocycles. The van der Waals surface area contributed by atoms with Crippen LogP contribution in [-0.4, -0.2) is 32.0 Å². The molecule has 1 N–H and O–H groups in total. The van der Waals surface area contributed by atoms with Gasteiger partial charge in [0.15, 0.2) is 6.23 Å². The van der Waals surface area contributed by atoms with Crippen molar-refractivity contribution in [3.63, 3.8) is 0 Å². The van der Waals surface area contributed by atoms with Gasteiger partial charge in [0.05, 0.1) is 13.2 Å². The van der Waals surface area contributed by atoms with E-state index in [0.717, 1.165) is 24.2 Å². The van der Waals surface area contributed by atoms with Gasteiger partial charge in [-0.2, -0.15) is 0 Å². The number of hydrogen-bond donors (Lipinski definition) is 1. The molecule has 5 heteroatoms. The number of benzene rings is 1. The maximum atomic E-state index is 10.2. The van der Waals surface area contributed by atoms with Gasteiger partial charge < -0.3 is 19.5 Å². The lowest BCUT2D eigenvalue weighted by Gasteiger charge is -2.22. The summed E-state index contributed by atoms with van der Waals surface area (Å²) >= 11 is 0. The molecule has 0 fully saturated rings. The Balaban J connectivity index is 1.85. The number of hydrogen-bond acceptors (Lipinski definition) is 5. The molecule has 0 spiro atoms. The summed E-state index contributed by atoms with van der Waals surface area (Å²) in [4.78, 5) is 10.2. The SMILES string of the molecule is CCCCCCOC(=CNC1C=Cc2ccccc2O1)COCC=C=O. The zero-order valence-corrected chi connectivity index (χ0v) is 15.3. The van der Waals surface area contributed by atoms with Crippen molar-refractivity contribution in [2.24, 2.45) is 0 Å². The van der Waals surface area contributed by atoms with E-state index in [9.17, 15) is 4.79 Å². The first-order valence-electron chi connectivity index (χ1n) is 9.12. The van der Waals surface area contributed by atoms with E-state index in [0.29, 0.717) is 12.4 Å². The third kappa shape index (κ3) is 7.18. The Kier molecular flexibility index (Phi) is 9.12. The van der Waals surface area contributed by atoms with Crippen LogP contribution in [0, 0.1) is 0 Å². The van der Waals surface area contributed by atoms with E-state index >= 15 is 0 Å².